The van der Waals surface area contributed by atoms with Crippen LogP contribution in [0, 0.1) is 0 Å². The molecule has 96 valence electrons. The van der Waals surface area contributed by atoms with E-state index in [1.165, 1.54) is 4.90 Å². The van der Waals surface area contributed by atoms with Crippen LogP contribution in [-0.2, 0) is 18.4 Å². The Bertz CT molecular complexity index is 693. The summed E-state index contributed by atoms with van der Waals surface area (Å²) in [5.74, 6) is -0.254. The van der Waals surface area contributed by atoms with E-state index in [1.807, 2.05) is 11.6 Å². The van der Waals surface area contributed by atoms with Crippen LogP contribution in [0.1, 0.15) is 16.2 Å². The van der Waals surface area contributed by atoms with E-state index in [-0.39, 0.29) is 6.54 Å². The van der Waals surface area contributed by atoms with Crippen LogP contribution in [0.3, 0.4) is 0 Å². The lowest BCUT2D eigenvalue weighted by Crippen LogP contribution is -2.30. The van der Waals surface area contributed by atoms with E-state index < -0.39 is 11.7 Å². The molecule has 5 nitrogen and oxygen atoms in total. The third kappa shape index (κ3) is 1.79. The van der Waals surface area contributed by atoms with Crippen molar-refractivity contribution in [3.63, 3.8) is 0 Å². The van der Waals surface area contributed by atoms with Gasteiger partial charge in [0.2, 0.25) is 0 Å². The van der Waals surface area contributed by atoms with Crippen molar-refractivity contribution in [2.45, 2.75) is 6.54 Å². The molecule has 0 N–H and O–H groups in total. The van der Waals surface area contributed by atoms with E-state index in [9.17, 15) is 9.59 Å². The van der Waals surface area contributed by atoms with E-state index >= 15 is 0 Å². The highest BCUT2D eigenvalue weighted by Crippen LogP contribution is 2.34. The third-order valence-electron chi connectivity index (χ3n) is 3.17. The second-order valence-corrected chi connectivity index (χ2v) is 5.16. The summed E-state index contributed by atoms with van der Waals surface area (Å²) in [6.07, 6.45) is 3.47. The Morgan fingerprint density at radius 2 is 2.11 bits per heavy atom. The molecule has 1 aliphatic heterocycles. The van der Waals surface area contributed by atoms with Gasteiger partial charge in [0.15, 0.2) is 0 Å². The van der Waals surface area contributed by atoms with Crippen molar-refractivity contribution in [3.05, 3.63) is 46.5 Å². The Morgan fingerprint density at radius 3 is 2.79 bits per heavy atom. The molecule has 0 unspecified atom stereocenters. The van der Waals surface area contributed by atoms with E-state index in [4.69, 9.17) is 0 Å². The number of carbonyl (C=O) groups excluding carboxylic acids is 2. The third-order valence-corrected chi connectivity index (χ3v) is 3.83. The molecule has 2 aromatic rings. The SMILES string of the molecule is Cn1ccnc1CN1C(=O)C(=O)c2c(Br)cccc21. The van der Waals surface area contributed by atoms with Crippen LogP contribution in [0.2, 0.25) is 0 Å². The zero-order valence-electron chi connectivity index (χ0n) is 10.1. The number of carbonyl (C=O) groups is 2. The minimum Gasteiger partial charge on any atom is -0.337 e. The number of aromatic nitrogens is 2. The van der Waals surface area contributed by atoms with Crippen LogP contribution in [0.25, 0.3) is 0 Å². The number of nitrogens with zero attached hydrogens (tertiary/aromatic N) is 3. The van der Waals surface area contributed by atoms with E-state index in [0.717, 1.165) is 5.82 Å². The fraction of sp³-hybridized carbons (Fsp3) is 0.154. The number of fused-ring (bicyclic) bond motifs is 1. The Morgan fingerprint density at radius 1 is 1.32 bits per heavy atom. The number of hydrogen-bond donors (Lipinski definition) is 0. The Hall–Kier alpha value is -1.95. The standard InChI is InChI=1S/C13H10BrN3O2/c1-16-6-5-15-10(16)7-17-9-4-2-3-8(14)11(9)12(18)13(17)19/h2-6H,7H2,1H3. The van der Waals surface area contributed by atoms with Gasteiger partial charge < -0.3 is 4.57 Å². The molecule has 0 atom stereocenters. The minimum atomic E-state index is -0.509. The number of amides is 1. The Balaban J connectivity index is 2.05. The molecule has 0 spiro atoms. The number of ketones is 1. The van der Waals surface area contributed by atoms with Crippen molar-refractivity contribution < 1.29 is 9.59 Å². The largest absolute Gasteiger partial charge is 0.337 e. The fourth-order valence-electron chi connectivity index (χ4n) is 2.15. The predicted octanol–water partition coefficient (Wildman–Crippen LogP) is 1.91. The first-order valence-corrected chi connectivity index (χ1v) is 6.50. The molecule has 0 fully saturated rings. The maximum atomic E-state index is 12.1. The molecular formula is C13H10BrN3O2. The molecule has 0 saturated heterocycles. The summed E-state index contributed by atoms with van der Waals surface area (Å²) < 4.78 is 2.47. The quantitative estimate of drug-likeness (QED) is 0.794. The summed E-state index contributed by atoms with van der Waals surface area (Å²) in [7, 11) is 1.85. The highest BCUT2D eigenvalue weighted by molar-refractivity contribution is 9.10. The van der Waals surface area contributed by atoms with Crippen LogP contribution >= 0.6 is 15.9 Å². The number of anilines is 1. The normalized spacial score (nSPS) is 14.1. The van der Waals surface area contributed by atoms with Gasteiger partial charge in [-0.3, -0.25) is 14.5 Å². The van der Waals surface area contributed by atoms with Crippen molar-refractivity contribution in [2.75, 3.05) is 4.90 Å². The molecule has 3 rings (SSSR count). The maximum Gasteiger partial charge on any atom is 0.299 e. The maximum absolute atomic E-state index is 12.1. The highest BCUT2D eigenvalue weighted by Gasteiger charge is 2.37. The smallest absolute Gasteiger partial charge is 0.299 e. The molecule has 1 aliphatic rings. The van der Waals surface area contributed by atoms with Gasteiger partial charge in [0.1, 0.15) is 5.82 Å². The molecule has 0 radical (unpaired) electrons. The van der Waals surface area contributed by atoms with Gasteiger partial charge in [-0.15, -0.1) is 0 Å². The molecule has 1 aromatic heterocycles. The monoisotopic (exact) mass is 319 g/mol. The second kappa shape index (κ2) is 4.31. The molecule has 1 aromatic carbocycles. The Labute approximate surface area is 118 Å². The lowest BCUT2D eigenvalue weighted by atomic mass is 10.1. The van der Waals surface area contributed by atoms with Crippen molar-refractivity contribution in [1.29, 1.82) is 0 Å². The summed E-state index contributed by atoms with van der Waals surface area (Å²) in [5, 5.41) is 0. The van der Waals surface area contributed by atoms with Crippen LogP contribution < -0.4 is 4.90 Å². The lowest BCUT2D eigenvalue weighted by molar-refractivity contribution is -0.114. The van der Waals surface area contributed by atoms with Gasteiger partial charge in [-0.1, -0.05) is 6.07 Å². The van der Waals surface area contributed by atoms with Crippen molar-refractivity contribution >= 4 is 33.3 Å². The molecular weight excluding hydrogens is 310 g/mol. The van der Waals surface area contributed by atoms with E-state index in [2.05, 4.69) is 20.9 Å². The van der Waals surface area contributed by atoms with Gasteiger partial charge in [0, 0.05) is 23.9 Å². The molecule has 0 saturated carbocycles. The lowest BCUT2D eigenvalue weighted by Gasteiger charge is -2.16. The zero-order valence-corrected chi connectivity index (χ0v) is 11.7. The van der Waals surface area contributed by atoms with Crippen LogP contribution in [0.4, 0.5) is 5.69 Å². The predicted molar refractivity (Wildman–Crippen MR) is 72.9 cm³/mol. The zero-order chi connectivity index (χ0) is 13.6. The second-order valence-electron chi connectivity index (χ2n) is 4.31. The number of hydrogen-bond acceptors (Lipinski definition) is 3. The first-order valence-electron chi connectivity index (χ1n) is 5.70. The number of imidazole rings is 1. The number of halogens is 1. The Kier molecular flexibility index (Phi) is 2.74. The van der Waals surface area contributed by atoms with Gasteiger partial charge in [-0.25, -0.2) is 4.98 Å². The molecule has 0 bridgehead atoms. The summed E-state index contributed by atoms with van der Waals surface area (Å²) >= 11 is 3.31. The summed E-state index contributed by atoms with van der Waals surface area (Å²) in [5.41, 5.74) is 1.06. The number of rotatable bonds is 2. The molecule has 1 amide bonds. The first-order chi connectivity index (χ1) is 9.09. The highest BCUT2D eigenvalue weighted by atomic mass is 79.9. The fourth-order valence-corrected chi connectivity index (χ4v) is 2.68. The van der Waals surface area contributed by atoms with Gasteiger partial charge in [-0.05, 0) is 28.1 Å². The minimum absolute atomic E-state index is 0.289. The van der Waals surface area contributed by atoms with Crippen molar-refractivity contribution in [2.24, 2.45) is 7.05 Å². The number of benzene rings is 1. The van der Waals surface area contributed by atoms with Gasteiger partial charge >= 0.3 is 0 Å². The van der Waals surface area contributed by atoms with Crippen LogP contribution in [-0.4, -0.2) is 21.2 Å². The first kappa shape index (κ1) is 12.1. The average Bonchev–Trinajstić information content (AvgIpc) is 2.89. The van der Waals surface area contributed by atoms with Crippen LogP contribution in [0.5, 0.6) is 0 Å². The average molecular weight is 320 g/mol. The topological polar surface area (TPSA) is 55.2 Å². The van der Waals surface area contributed by atoms with Gasteiger partial charge in [-0.2, -0.15) is 0 Å². The summed E-state index contributed by atoms with van der Waals surface area (Å²) in [6.45, 7) is 0.289. The number of aryl methyl sites for hydroxylation is 1. The molecule has 2 heterocycles. The number of Topliss-reactive ketones (excluding diaryl/α,β-unsaturated/α-hetero) is 1. The van der Waals surface area contributed by atoms with E-state index in [1.54, 1.807) is 30.6 Å². The van der Waals surface area contributed by atoms with E-state index in [0.29, 0.717) is 15.7 Å². The summed E-state index contributed by atoms with van der Waals surface area (Å²) in [4.78, 5) is 29.7. The molecule has 0 aliphatic carbocycles. The summed E-state index contributed by atoms with van der Waals surface area (Å²) in [6, 6.07) is 5.33. The van der Waals surface area contributed by atoms with Crippen molar-refractivity contribution in [1.82, 2.24) is 9.55 Å². The van der Waals surface area contributed by atoms with Gasteiger partial charge in [0.05, 0.1) is 17.8 Å². The van der Waals surface area contributed by atoms with Crippen LogP contribution in [0.15, 0.2) is 35.1 Å². The van der Waals surface area contributed by atoms with Gasteiger partial charge in [0.25, 0.3) is 11.7 Å². The molecule has 6 heteroatoms. The molecule has 19 heavy (non-hydrogen) atoms. The van der Waals surface area contributed by atoms with Crippen molar-refractivity contribution in [3.8, 4) is 0 Å².